The number of aryl methyl sites for hydroxylation is 2. The van der Waals surface area contributed by atoms with Crippen molar-refractivity contribution in [3.8, 4) is 0 Å². The highest BCUT2D eigenvalue weighted by Crippen LogP contribution is 2.39. The first kappa shape index (κ1) is 15.0. The molecule has 0 radical (unpaired) electrons. The average molecular weight is 351 g/mol. The van der Waals surface area contributed by atoms with Crippen LogP contribution >= 0.6 is 15.9 Å². The molecule has 1 aliphatic carbocycles. The van der Waals surface area contributed by atoms with E-state index in [-0.39, 0.29) is 10.3 Å². The second-order valence-corrected chi connectivity index (χ2v) is 7.58. The molecule has 1 fully saturated rings. The molecule has 1 aromatic rings. The molecule has 1 saturated carbocycles. The SMILES string of the molecule is Cc1noc(C)c1S(=O)(=O)NCC1(CBr)CCCC1. The quantitative estimate of drug-likeness (QED) is 0.828. The van der Waals surface area contributed by atoms with Crippen molar-refractivity contribution in [3.63, 3.8) is 0 Å². The van der Waals surface area contributed by atoms with E-state index in [2.05, 4.69) is 25.8 Å². The lowest BCUT2D eigenvalue weighted by Gasteiger charge is -2.26. The van der Waals surface area contributed by atoms with Crippen LogP contribution in [0.2, 0.25) is 0 Å². The van der Waals surface area contributed by atoms with Gasteiger partial charge in [-0.2, -0.15) is 0 Å². The number of hydrogen-bond donors (Lipinski definition) is 1. The summed E-state index contributed by atoms with van der Waals surface area (Å²) in [6.07, 6.45) is 4.45. The van der Waals surface area contributed by atoms with E-state index in [9.17, 15) is 8.42 Å². The summed E-state index contributed by atoms with van der Waals surface area (Å²) in [6, 6.07) is 0. The summed E-state index contributed by atoms with van der Waals surface area (Å²) in [5, 5.41) is 4.52. The Labute approximate surface area is 122 Å². The molecule has 1 aliphatic rings. The van der Waals surface area contributed by atoms with Crippen molar-refractivity contribution >= 4 is 26.0 Å². The van der Waals surface area contributed by atoms with E-state index in [0.29, 0.717) is 18.0 Å². The fourth-order valence-corrected chi connectivity index (χ4v) is 4.90. The standard InChI is InChI=1S/C12H19BrN2O3S/c1-9-11(10(2)18-15-9)19(16,17)14-8-12(7-13)5-3-4-6-12/h14H,3-8H2,1-2H3. The Balaban J connectivity index is 2.14. The predicted octanol–water partition coefficient (Wildman–Crippen LogP) is 2.53. The molecule has 0 bridgehead atoms. The Bertz CT molecular complexity index is 528. The maximum absolute atomic E-state index is 12.3. The number of sulfonamides is 1. The number of rotatable bonds is 5. The Hall–Kier alpha value is -0.400. The first-order valence-corrected chi connectivity index (χ1v) is 8.99. The van der Waals surface area contributed by atoms with Crippen molar-refractivity contribution in [3.05, 3.63) is 11.5 Å². The van der Waals surface area contributed by atoms with Gasteiger partial charge in [-0.1, -0.05) is 33.9 Å². The lowest BCUT2D eigenvalue weighted by molar-refractivity contribution is 0.347. The third-order valence-electron chi connectivity index (χ3n) is 3.82. The predicted molar refractivity (Wildman–Crippen MR) is 75.9 cm³/mol. The van der Waals surface area contributed by atoms with E-state index in [1.807, 2.05) is 0 Å². The summed E-state index contributed by atoms with van der Waals surface area (Å²) in [5.74, 6) is 0.337. The van der Waals surface area contributed by atoms with Crippen molar-refractivity contribution in [1.82, 2.24) is 9.88 Å². The molecule has 5 nitrogen and oxygen atoms in total. The lowest BCUT2D eigenvalue weighted by Crippen LogP contribution is -2.37. The second kappa shape index (κ2) is 5.54. The minimum absolute atomic E-state index is 0.0477. The molecule has 1 N–H and O–H groups in total. The van der Waals surface area contributed by atoms with Crippen molar-refractivity contribution in [2.75, 3.05) is 11.9 Å². The van der Waals surface area contributed by atoms with Crippen LogP contribution in [0.15, 0.2) is 9.42 Å². The molecule has 0 spiro atoms. The van der Waals surface area contributed by atoms with Crippen LogP contribution in [-0.2, 0) is 10.0 Å². The lowest BCUT2D eigenvalue weighted by atomic mass is 9.89. The van der Waals surface area contributed by atoms with Crippen LogP contribution in [0.4, 0.5) is 0 Å². The van der Waals surface area contributed by atoms with Crippen LogP contribution in [0.25, 0.3) is 0 Å². The van der Waals surface area contributed by atoms with Gasteiger partial charge in [-0.15, -0.1) is 0 Å². The molecule has 0 unspecified atom stereocenters. The largest absolute Gasteiger partial charge is 0.360 e. The smallest absolute Gasteiger partial charge is 0.245 e. The van der Waals surface area contributed by atoms with Gasteiger partial charge in [0.05, 0.1) is 0 Å². The van der Waals surface area contributed by atoms with E-state index >= 15 is 0 Å². The molecule has 19 heavy (non-hydrogen) atoms. The van der Waals surface area contributed by atoms with Gasteiger partial charge in [0.25, 0.3) is 0 Å². The third-order valence-corrected chi connectivity index (χ3v) is 6.66. The van der Waals surface area contributed by atoms with Gasteiger partial charge >= 0.3 is 0 Å². The number of alkyl halides is 1. The van der Waals surface area contributed by atoms with Crippen molar-refractivity contribution in [2.24, 2.45) is 5.41 Å². The zero-order valence-electron chi connectivity index (χ0n) is 11.2. The minimum Gasteiger partial charge on any atom is -0.360 e. The fraction of sp³-hybridized carbons (Fsp3) is 0.750. The maximum Gasteiger partial charge on any atom is 0.245 e. The van der Waals surface area contributed by atoms with Gasteiger partial charge in [0.2, 0.25) is 10.0 Å². The van der Waals surface area contributed by atoms with Crippen LogP contribution in [0.5, 0.6) is 0 Å². The van der Waals surface area contributed by atoms with Gasteiger partial charge in [-0.25, -0.2) is 13.1 Å². The molecule has 0 saturated heterocycles. The van der Waals surface area contributed by atoms with Crippen molar-refractivity contribution in [2.45, 2.75) is 44.4 Å². The highest BCUT2D eigenvalue weighted by atomic mass is 79.9. The highest BCUT2D eigenvalue weighted by molar-refractivity contribution is 9.09. The number of aromatic nitrogens is 1. The average Bonchev–Trinajstić information content (AvgIpc) is 2.95. The van der Waals surface area contributed by atoms with Gasteiger partial charge in [0, 0.05) is 11.9 Å². The molecule has 0 aromatic carbocycles. The molecule has 0 amide bonds. The molecule has 2 rings (SSSR count). The van der Waals surface area contributed by atoms with Gasteiger partial charge in [-0.05, 0) is 32.1 Å². The molecule has 7 heteroatoms. The summed E-state index contributed by atoms with van der Waals surface area (Å²) in [6.45, 7) is 3.72. The second-order valence-electron chi connectivity index (χ2n) is 5.32. The van der Waals surface area contributed by atoms with Crippen LogP contribution in [0.1, 0.15) is 37.1 Å². The Morgan fingerprint density at radius 3 is 2.47 bits per heavy atom. The molecular formula is C12H19BrN2O3S. The van der Waals surface area contributed by atoms with E-state index in [4.69, 9.17) is 4.52 Å². The van der Waals surface area contributed by atoms with Gasteiger partial charge in [-0.3, -0.25) is 0 Å². The van der Waals surface area contributed by atoms with E-state index in [1.54, 1.807) is 13.8 Å². The minimum atomic E-state index is -3.54. The summed E-state index contributed by atoms with van der Waals surface area (Å²) >= 11 is 3.51. The Morgan fingerprint density at radius 1 is 1.37 bits per heavy atom. The Kier molecular flexibility index (Phi) is 4.37. The monoisotopic (exact) mass is 350 g/mol. The Morgan fingerprint density at radius 2 is 2.00 bits per heavy atom. The summed E-state index contributed by atoms with van der Waals surface area (Å²) in [4.78, 5) is 0.176. The van der Waals surface area contributed by atoms with Gasteiger partial charge < -0.3 is 4.52 Å². The van der Waals surface area contributed by atoms with E-state index < -0.39 is 10.0 Å². The molecular weight excluding hydrogens is 332 g/mol. The first-order chi connectivity index (χ1) is 8.90. The van der Waals surface area contributed by atoms with Crippen LogP contribution in [0, 0.1) is 19.3 Å². The first-order valence-electron chi connectivity index (χ1n) is 6.39. The zero-order chi connectivity index (χ0) is 14.1. The summed E-state index contributed by atoms with van der Waals surface area (Å²) < 4.78 is 32.3. The van der Waals surface area contributed by atoms with Crippen LogP contribution in [-0.4, -0.2) is 25.4 Å². The van der Waals surface area contributed by atoms with Crippen LogP contribution in [0.3, 0.4) is 0 Å². The molecule has 0 atom stereocenters. The summed E-state index contributed by atoms with van der Waals surface area (Å²) in [5.41, 5.74) is 0.454. The number of nitrogens with one attached hydrogen (secondary N) is 1. The number of nitrogens with zero attached hydrogens (tertiary/aromatic N) is 1. The van der Waals surface area contributed by atoms with Crippen LogP contribution < -0.4 is 4.72 Å². The molecule has 0 aliphatic heterocycles. The highest BCUT2D eigenvalue weighted by Gasteiger charge is 2.35. The maximum atomic E-state index is 12.3. The zero-order valence-corrected chi connectivity index (χ0v) is 13.6. The molecule has 1 heterocycles. The number of hydrogen-bond acceptors (Lipinski definition) is 4. The normalized spacial score (nSPS) is 18.9. The van der Waals surface area contributed by atoms with Crippen molar-refractivity contribution < 1.29 is 12.9 Å². The number of halogens is 1. The van der Waals surface area contributed by atoms with Crippen molar-refractivity contribution in [1.29, 1.82) is 0 Å². The topological polar surface area (TPSA) is 72.2 Å². The van der Waals surface area contributed by atoms with Gasteiger partial charge in [0.15, 0.2) is 5.76 Å². The van der Waals surface area contributed by atoms with E-state index in [1.165, 1.54) is 12.8 Å². The van der Waals surface area contributed by atoms with Gasteiger partial charge in [0.1, 0.15) is 10.6 Å². The molecule has 108 valence electrons. The third kappa shape index (κ3) is 3.03. The fourth-order valence-electron chi connectivity index (χ4n) is 2.66. The molecule has 1 aromatic heterocycles. The van der Waals surface area contributed by atoms with E-state index in [0.717, 1.165) is 18.2 Å². The summed E-state index contributed by atoms with van der Waals surface area (Å²) in [7, 11) is -3.54.